The number of aromatic nitrogens is 5. The zero-order valence-electron chi connectivity index (χ0n) is 21.5. The Kier molecular flexibility index (Phi) is 7.44. The minimum Gasteiger partial charge on any atom is -0.378 e. The Hall–Kier alpha value is -3.18. The first-order valence-electron chi connectivity index (χ1n) is 13.4. The zero-order chi connectivity index (χ0) is 26.8. The molecule has 0 unspecified atom stereocenters. The third-order valence-electron chi connectivity index (χ3n) is 7.53. The third-order valence-corrected chi connectivity index (χ3v) is 8.06. The Morgan fingerprint density at radius 3 is 2.36 bits per heavy atom. The van der Waals surface area contributed by atoms with Gasteiger partial charge in [0, 0.05) is 23.1 Å². The molecule has 204 valence electrons. The van der Waals surface area contributed by atoms with Crippen LogP contribution in [-0.2, 0) is 11.2 Å². The van der Waals surface area contributed by atoms with Gasteiger partial charge in [0.05, 0.1) is 24.2 Å². The quantitative estimate of drug-likeness (QED) is 0.275. The highest BCUT2D eigenvalue weighted by atomic mass is 79.9. The Morgan fingerprint density at radius 2 is 1.62 bits per heavy atom. The second-order valence-electron chi connectivity index (χ2n) is 10.2. The first-order chi connectivity index (χ1) is 19.0. The van der Waals surface area contributed by atoms with Gasteiger partial charge in [0.15, 0.2) is 5.82 Å². The molecule has 0 spiro atoms. The maximum atomic E-state index is 14.2. The average molecular weight is 598 g/mol. The van der Waals surface area contributed by atoms with E-state index in [0.29, 0.717) is 49.2 Å². The van der Waals surface area contributed by atoms with Gasteiger partial charge in [-0.15, -0.1) is 0 Å². The van der Waals surface area contributed by atoms with Crippen LogP contribution in [0.2, 0.25) is 0 Å². The molecule has 11 heteroatoms. The molecule has 1 saturated carbocycles. The molecule has 2 aromatic carbocycles. The van der Waals surface area contributed by atoms with Crippen LogP contribution in [0.5, 0.6) is 0 Å². The van der Waals surface area contributed by atoms with Crippen molar-refractivity contribution in [1.29, 1.82) is 0 Å². The van der Waals surface area contributed by atoms with Crippen molar-refractivity contribution >= 4 is 38.9 Å². The van der Waals surface area contributed by atoms with Crippen LogP contribution in [0.1, 0.15) is 49.9 Å². The van der Waals surface area contributed by atoms with Crippen LogP contribution in [0.3, 0.4) is 0 Å². The van der Waals surface area contributed by atoms with Crippen LogP contribution in [0.25, 0.3) is 17.0 Å². The second-order valence-corrected chi connectivity index (χ2v) is 11.1. The van der Waals surface area contributed by atoms with Gasteiger partial charge in [0.25, 0.3) is 6.43 Å². The Labute approximate surface area is 234 Å². The van der Waals surface area contributed by atoms with Crippen molar-refractivity contribution in [1.82, 2.24) is 24.5 Å². The van der Waals surface area contributed by atoms with Crippen molar-refractivity contribution in [2.24, 2.45) is 0 Å². The predicted octanol–water partition coefficient (Wildman–Crippen LogP) is 6.10. The lowest BCUT2D eigenvalue weighted by Gasteiger charge is -2.38. The number of hydrogen-bond donors (Lipinski definition) is 1. The van der Waals surface area contributed by atoms with Crippen LogP contribution < -0.4 is 10.2 Å². The lowest BCUT2D eigenvalue weighted by Crippen LogP contribution is -2.43. The number of rotatable bonds is 7. The molecule has 2 fully saturated rings. The molecule has 6 rings (SSSR count). The van der Waals surface area contributed by atoms with E-state index in [1.54, 1.807) is 24.3 Å². The van der Waals surface area contributed by atoms with Crippen molar-refractivity contribution in [2.75, 3.05) is 36.5 Å². The summed E-state index contributed by atoms with van der Waals surface area (Å²) in [7, 11) is 0. The van der Waals surface area contributed by atoms with E-state index in [9.17, 15) is 8.78 Å². The molecule has 1 saturated heterocycles. The monoisotopic (exact) mass is 597 g/mol. The summed E-state index contributed by atoms with van der Waals surface area (Å²) in [6.07, 6.45) is 3.33. The summed E-state index contributed by atoms with van der Waals surface area (Å²) in [5.41, 5.74) is 1.96. The minimum absolute atomic E-state index is 0.132. The number of nitrogens with zero attached hydrogens (tertiary/aromatic N) is 6. The summed E-state index contributed by atoms with van der Waals surface area (Å²) >= 11 is 3.53. The number of hydrogen-bond acceptors (Lipinski definition) is 7. The summed E-state index contributed by atoms with van der Waals surface area (Å²) in [5.74, 6) is 0.577. The molecule has 3 heterocycles. The van der Waals surface area contributed by atoms with E-state index in [1.807, 2.05) is 4.90 Å². The molecule has 2 aromatic heterocycles. The first kappa shape index (κ1) is 26.1. The number of fused-ring (bicyclic) bond motifs is 1. The van der Waals surface area contributed by atoms with Crippen LogP contribution in [0.4, 0.5) is 20.7 Å². The number of imidazole rings is 1. The minimum atomic E-state index is -2.79. The molecule has 0 amide bonds. The summed E-state index contributed by atoms with van der Waals surface area (Å²) in [6, 6.07) is 15.4. The Bertz CT molecular complexity index is 1430. The second kappa shape index (κ2) is 11.1. The van der Waals surface area contributed by atoms with E-state index in [2.05, 4.69) is 50.5 Å². The molecule has 2 aliphatic rings. The van der Waals surface area contributed by atoms with Gasteiger partial charge in [0.2, 0.25) is 17.8 Å². The number of nitrogens with one attached hydrogen (secondary N) is 1. The maximum absolute atomic E-state index is 14.2. The summed E-state index contributed by atoms with van der Waals surface area (Å²) in [5, 5.41) is 3.68. The predicted molar refractivity (Wildman–Crippen MR) is 150 cm³/mol. The number of ether oxygens (including phenoxy) is 1. The van der Waals surface area contributed by atoms with Crippen molar-refractivity contribution < 1.29 is 13.5 Å². The van der Waals surface area contributed by atoms with Gasteiger partial charge in [-0.05, 0) is 49.1 Å². The van der Waals surface area contributed by atoms with Gasteiger partial charge in [-0.3, -0.25) is 4.57 Å². The molecule has 4 aromatic rings. The number of halogens is 3. The fourth-order valence-electron chi connectivity index (χ4n) is 5.62. The van der Waals surface area contributed by atoms with E-state index in [0.717, 1.165) is 36.6 Å². The third kappa shape index (κ3) is 5.60. The molecule has 8 nitrogen and oxygen atoms in total. The summed E-state index contributed by atoms with van der Waals surface area (Å²) in [6.45, 7) is 2.32. The van der Waals surface area contributed by atoms with Gasteiger partial charge >= 0.3 is 0 Å². The van der Waals surface area contributed by atoms with Crippen molar-refractivity contribution in [3.05, 3.63) is 64.4 Å². The van der Waals surface area contributed by atoms with E-state index in [1.165, 1.54) is 16.6 Å². The van der Waals surface area contributed by atoms with E-state index in [-0.39, 0.29) is 17.3 Å². The highest BCUT2D eigenvalue weighted by Crippen LogP contribution is 2.35. The van der Waals surface area contributed by atoms with Crippen molar-refractivity contribution in [3.8, 4) is 5.95 Å². The topological polar surface area (TPSA) is 81.0 Å². The highest BCUT2D eigenvalue weighted by molar-refractivity contribution is 9.10. The maximum Gasteiger partial charge on any atom is 0.296 e. The molecule has 0 radical (unpaired) electrons. The van der Waals surface area contributed by atoms with Crippen molar-refractivity contribution in [3.63, 3.8) is 0 Å². The molecule has 1 aliphatic carbocycles. The SMILES string of the molecule is FC(F)c1nc2ccccc2n1-c1nc(NC2(Cc3ccc(Br)cc3)CCCCC2)nc(N2CCOCC2)n1. The van der Waals surface area contributed by atoms with Gasteiger partial charge in [0.1, 0.15) is 0 Å². The highest BCUT2D eigenvalue weighted by Gasteiger charge is 2.34. The molecule has 0 bridgehead atoms. The molecule has 1 N–H and O–H groups in total. The normalized spacial score (nSPS) is 17.6. The molecule has 39 heavy (non-hydrogen) atoms. The van der Waals surface area contributed by atoms with E-state index >= 15 is 0 Å². The summed E-state index contributed by atoms with van der Waals surface area (Å²) < 4.78 is 36.3. The largest absolute Gasteiger partial charge is 0.378 e. The van der Waals surface area contributed by atoms with Gasteiger partial charge in [-0.2, -0.15) is 15.0 Å². The summed E-state index contributed by atoms with van der Waals surface area (Å²) in [4.78, 5) is 20.5. The van der Waals surface area contributed by atoms with Gasteiger partial charge in [-0.1, -0.05) is 59.5 Å². The fourth-order valence-corrected chi connectivity index (χ4v) is 5.88. The smallest absolute Gasteiger partial charge is 0.296 e. The zero-order valence-corrected chi connectivity index (χ0v) is 23.1. The molecular weight excluding hydrogens is 568 g/mol. The lowest BCUT2D eigenvalue weighted by atomic mass is 9.77. The van der Waals surface area contributed by atoms with Crippen molar-refractivity contribution in [2.45, 2.75) is 50.5 Å². The van der Waals surface area contributed by atoms with Crippen LogP contribution >= 0.6 is 15.9 Å². The van der Waals surface area contributed by atoms with E-state index < -0.39 is 6.43 Å². The number of anilines is 2. The van der Waals surface area contributed by atoms with Crippen LogP contribution in [0.15, 0.2) is 53.0 Å². The number of benzene rings is 2. The fraction of sp³-hybridized carbons (Fsp3) is 0.429. The van der Waals surface area contributed by atoms with E-state index in [4.69, 9.17) is 19.7 Å². The molecular formula is C28H30BrF2N7O. The van der Waals surface area contributed by atoms with Gasteiger partial charge in [-0.25, -0.2) is 13.8 Å². The number of morpholine rings is 1. The Balaban J connectivity index is 1.45. The Morgan fingerprint density at radius 1 is 0.897 bits per heavy atom. The van der Waals surface area contributed by atoms with Crippen LogP contribution in [-0.4, -0.2) is 56.3 Å². The van der Waals surface area contributed by atoms with Crippen LogP contribution in [0, 0.1) is 0 Å². The molecule has 0 atom stereocenters. The lowest BCUT2D eigenvalue weighted by molar-refractivity contribution is 0.122. The average Bonchev–Trinajstić information content (AvgIpc) is 3.35. The first-order valence-corrected chi connectivity index (χ1v) is 14.2. The van der Waals surface area contributed by atoms with Gasteiger partial charge < -0.3 is 15.0 Å². The number of alkyl halides is 2. The number of para-hydroxylation sites is 2. The molecule has 1 aliphatic heterocycles. The standard InChI is InChI=1S/C28H30BrF2N7O/c29-20-10-8-19(9-11-20)18-28(12-4-1-5-13-28)36-25-33-26(37-14-16-39-17-15-37)35-27(34-25)38-22-7-3-2-6-21(22)32-24(38)23(30)31/h2-3,6-11,23H,1,4-5,12-18H2,(H,33,34,35,36).